The smallest absolute Gasteiger partial charge is 0.313 e. The molecular weight excluding hydrogens is 317 g/mol. The second-order valence-electron chi connectivity index (χ2n) is 3.69. The highest BCUT2D eigenvalue weighted by Crippen LogP contribution is 2.29. The Hall–Kier alpha value is -2.39. The first-order chi connectivity index (χ1) is 10.4. The summed E-state index contributed by atoms with van der Waals surface area (Å²) in [6.45, 7) is -0.266. The zero-order valence-electron chi connectivity index (χ0n) is 10.8. The summed E-state index contributed by atoms with van der Waals surface area (Å²) in [5.74, 6) is -14.2. The van der Waals surface area contributed by atoms with Crippen LogP contribution in [0.3, 0.4) is 0 Å². The van der Waals surface area contributed by atoms with Crippen LogP contribution in [0.1, 0.15) is 6.42 Å². The summed E-state index contributed by atoms with van der Waals surface area (Å²) in [5, 5.41) is 3.13. The normalized spacial score (nSPS) is 10.2. The van der Waals surface area contributed by atoms with E-state index in [0.29, 0.717) is 0 Å². The van der Waals surface area contributed by atoms with Gasteiger partial charge in [0.15, 0.2) is 0 Å². The van der Waals surface area contributed by atoms with E-state index in [0.717, 1.165) is 0 Å². The molecule has 0 saturated carbocycles. The van der Waals surface area contributed by atoms with Gasteiger partial charge in [-0.1, -0.05) is 5.11 Å². The molecule has 0 radical (unpaired) electrons. The van der Waals surface area contributed by atoms with Crippen molar-refractivity contribution in [2.24, 2.45) is 5.11 Å². The monoisotopic (exact) mass is 325 g/mol. The molecule has 0 saturated heterocycles. The lowest BCUT2D eigenvalue weighted by molar-refractivity contribution is -0.136. The predicted octanol–water partition coefficient (Wildman–Crippen LogP) is 3.00. The van der Waals surface area contributed by atoms with E-state index in [-0.39, 0.29) is 19.8 Å². The summed E-state index contributed by atoms with van der Waals surface area (Å²) in [7, 11) is 0. The highest BCUT2D eigenvalue weighted by atomic mass is 19.2. The van der Waals surface area contributed by atoms with Crippen molar-refractivity contribution < 1.29 is 36.2 Å². The third-order valence-corrected chi connectivity index (χ3v) is 2.23. The van der Waals surface area contributed by atoms with Gasteiger partial charge < -0.3 is 9.47 Å². The van der Waals surface area contributed by atoms with E-state index in [4.69, 9.17) is 10.3 Å². The molecule has 1 aromatic rings. The number of hydrogen-bond acceptors (Lipinski definition) is 4. The minimum Gasteiger partial charge on any atom is -0.420 e. The Morgan fingerprint density at radius 2 is 1.55 bits per heavy atom. The minimum absolute atomic E-state index is 0.00316. The number of rotatable bonds is 7. The molecule has 0 aliphatic heterocycles. The fourth-order valence-electron chi connectivity index (χ4n) is 1.25. The third kappa shape index (κ3) is 4.30. The van der Waals surface area contributed by atoms with E-state index >= 15 is 0 Å². The van der Waals surface area contributed by atoms with Crippen molar-refractivity contribution in [2.75, 3.05) is 19.8 Å². The molecule has 0 aliphatic carbocycles. The molecule has 0 spiro atoms. The molecule has 0 fully saturated rings. The zero-order valence-corrected chi connectivity index (χ0v) is 10.8. The lowest BCUT2D eigenvalue weighted by atomic mass is 10.2. The molecule has 1 rings (SSSR count). The average Bonchev–Trinajstić information content (AvgIpc) is 2.51. The van der Waals surface area contributed by atoms with Crippen LogP contribution >= 0.6 is 0 Å². The van der Waals surface area contributed by atoms with E-state index in [1.165, 1.54) is 0 Å². The molecule has 0 atom stereocenters. The molecule has 0 unspecified atom stereocenters. The van der Waals surface area contributed by atoms with Gasteiger partial charge in [0.1, 0.15) is 0 Å². The van der Waals surface area contributed by atoms with Crippen molar-refractivity contribution in [2.45, 2.75) is 6.42 Å². The number of ether oxygens (including phenoxy) is 2. The number of halogens is 5. The van der Waals surface area contributed by atoms with Gasteiger partial charge in [0.05, 0.1) is 19.6 Å². The maximum Gasteiger partial charge on any atom is 0.313 e. The van der Waals surface area contributed by atoms with Gasteiger partial charge in [-0.3, -0.25) is 4.79 Å². The van der Waals surface area contributed by atoms with Crippen molar-refractivity contribution in [3.63, 3.8) is 0 Å². The third-order valence-electron chi connectivity index (χ3n) is 2.23. The summed E-state index contributed by atoms with van der Waals surface area (Å²) in [6, 6.07) is 0. The summed E-state index contributed by atoms with van der Waals surface area (Å²) in [6.07, 6.45) is -0.504. The van der Waals surface area contributed by atoms with Crippen LogP contribution in [0.15, 0.2) is 5.11 Å². The van der Waals surface area contributed by atoms with Crippen LogP contribution in [0.5, 0.6) is 5.75 Å². The first-order valence-electron chi connectivity index (χ1n) is 5.70. The van der Waals surface area contributed by atoms with Gasteiger partial charge in [0.25, 0.3) is 0 Å². The summed E-state index contributed by atoms with van der Waals surface area (Å²) < 4.78 is 73.8. The Labute approximate surface area is 120 Å². The Morgan fingerprint density at radius 1 is 1.00 bits per heavy atom. The minimum atomic E-state index is -2.35. The molecule has 0 amide bonds. The van der Waals surface area contributed by atoms with Gasteiger partial charge >= 0.3 is 5.97 Å². The van der Waals surface area contributed by atoms with Crippen LogP contribution in [0.2, 0.25) is 0 Å². The van der Waals surface area contributed by atoms with Crippen molar-refractivity contribution in [1.82, 2.24) is 0 Å². The van der Waals surface area contributed by atoms with Crippen molar-refractivity contribution in [1.29, 1.82) is 0 Å². The first-order valence-corrected chi connectivity index (χ1v) is 5.70. The predicted molar refractivity (Wildman–Crippen MR) is 61.3 cm³/mol. The molecule has 120 valence electrons. The second kappa shape index (κ2) is 8.15. The SMILES string of the molecule is [N-]=[N+]=NCCOCCC(=O)Oc1c(F)c(F)c(F)c(F)c1F. The van der Waals surface area contributed by atoms with Crippen LogP contribution < -0.4 is 4.74 Å². The average molecular weight is 325 g/mol. The fourth-order valence-corrected chi connectivity index (χ4v) is 1.25. The van der Waals surface area contributed by atoms with Crippen molar-refractivity contribution in [3.8, 4) is 5.75 Å². The van der Waals surface area contributed by atoms with E-state index < -0.39 is 47.2 Å². The standard InChI is InChI=1S/C11H8F5N3O3/c12-6-7(13)9(15)11(10(16)8(6)14)22-5(20)1-3-21-4-2-18-19-17/h1-4H2. The van der Waals surface area contributed by atoms with E-state index in [1.807, 2.05) is 0 Å². The molecule has 6 nitrogen and oxygen atoms in total. The largest absolute Gasteiger partial charge is 0.420 e. The van der Waals surface area contributed by atoms with Gasteiger partial charge in [0.2, 0.25) is 34.8 Å². The lowest BCUT2D eigenvalue weighted by Gasteiger charge is -2.08. The molecule has 0 aromatic heterocycles. The maximum absolute atomic E-state index is 13.2. The summed E-state index contributed by atoms with van der Waals surface area (Å²) in [5.41, 5.74) is 7.96. The number of azide groups is 1. The molecule has 0 aliphatic rings. The molecular formula is C11H8F5N3O3. The first kappa shape index (κ1) is 17.7. The summed E-state index contributed by atoms with van der Waals surface area (Å²) in [4.78, 5) is 13.7. The number of carbonyl (C=O) groups is 1. The number of carbonyl (C=O) groups excluding carboxylic acids is 1. The van der Waals surface area contributed by atoms with Crippen molar-refractivity contribution >= 4 is 5.97 Å². The van der Waals surface area contributed by atoms with Crippen LogP contribution in [0.25, 0.3) is 10.4 Å². The van der Waals surface area contributed by atoms with Crippen LogP contribution in [-0.2, 0) is 9.53 Å². The Kier molecular flexibility index (Phi) is 6.54. The summed E-state index contributed by atoms with van der Waals surface area (Å²) >= 11 is 0. The molecule has 22 heavy (non-hydrogen) atoms. The molecule has 0 bridgehead atoms. The van der Waals surface area contributed by atoms with E-state index in [2.05, 4.69) is 14.8 Å². The van der Waals surface area contributed by atoms with Crippen molar-refractivity contribution in [3.05, 3.63) is 39.5 Å². The molecule has 0 heterocycles. The highest BCUT2D eigenvalue weighted by Gasteiger charge is 2.28. The Bertz CT molecular complexity index is 590. The maximum atomic E-state index is 13.2. The van der Waals surface area contributed by atoms with Gasteiger partial charge in [-0.25, -0.2) is 13.2 Å². The fraction of sp³-hybridized carbons (Fsp3) is 0.364. The van der Waals surface area contributed by atoms with Crippen LogP contribution in [0.4, 0.5) is 22.0 Å². The molecule has 0 N–H and O–H groups in total. The van der Waals surface area contributed by atoms with Gasteiger partial charge in [0, 0.05) is 11.5 Å². The second-order valence-corrected chi connectivity index (χ2v) is 3.69. The lowest BCUT2D eigenvalue weighted by Crippen LogP contribution is -2.15. The van der Waals surface area contributed by atoms with Crippen LogP contribution in [-0.4, -0.2) is 25.7 Å². The Balaban J connectivity index is 2.64. The number of benzene rings is 1. The quantitative estimate of drug-likeness (QED) is 0.0889. The number of esters is 1. The van der Waals surface area contributed by atoms with Gasteiger partial charge in [-0.2, -0.15) is 8.78 Å². The van der Waals surface area contributed by atoms with Gasteiger partial charge in [-0.05, 0) is 5.53 Å². The van der Waals surface area contributed by atoms with E-state index in [1.54, 1.807) is 0 Å². The number of nitrogens with zero attached hydrogens (tertiary/aromatic N) is 3. The van der Waals surface area contributed by atoms with Crippen LogP contribution in [0, 0.1) is 29.1 Å². The highest BCUT2D eigenvalue weighted by molar-refractivity contribution is 5.72. The topological polar surface area (TPSA) is 84.3 Å². The molecule has 1 aromatic carbocycles. The van der Waals surface area contributed by atoms with E-state index in [9.17, 15) is 26.7 Å². The zero-order chi connectivity index (χ0) is 16.7. The Morgan fingerprint density at radius 3 is 2.09 bits per heavy atom. The van der Waals surface area contributed by atoms with Gasteiger partial charge in [-0.15, -0.1) is 0 Å². The number of hydrogen-bond donors (Lipinski definition) is 0. The molecule has 11 heteroatoms.